The molecule has 1 amide bonds. The number of anilines is 1. The molecule has 0 unspecified atom stereocenters. The smallest absolute Gasteiger partial charge is 0.234 e. The van der Waals surface area contributed by atoms with Gasteiger partial charge in [-0.05, 0) is 60.0 Å². The van der Waals surface area contributed by atoms with E-state index >= 15 is 0 Å². The van der Waals surface area contributed by atoms with E-state index in [1.807, 2.05) is 30.3 Å². The van der Waals surface area contributed by atoms with Crippen LogP contribution in [0.2, 0.25) is 0 Å². The van der Waals surface area contributed by atoms with Gasteiger partial charge in [-0.1, -0.05) is 36.4 Å². The number of hydrogen-bond donors (Lipinski definition) is 1. The molecule has 3 heteroatoms. The van der Waals surface area contributed by atoms with Gasteiger partial charge in [-0.15, -0.1) is 11.8 Å². The molecule has 0 aliphatic heterocycles. The van der Waals surface area contributed by atoms with E-state index in [0.717, 1.165) is 10.6 Å². The monoisotopic (exact) mass is 321 g/mol. The number of benzene rings is 3. The Balaban J connectivity index is 1.62. The minimum Gasteiger partial charge on any atom is -0.325 e. The second-order valence-electron chi connectivity index (χ2n) is 5.64. The Kier molecular flexibility index (Phi) is 4.68. The lowest BCUT2D eigenvalue weighted by atomic mass is 10.1. The van der Waals surface area contributed by atoms with Crippen LogP contribution in [0.25, 0.3) is 10.8 Å². The Bertz CT molecular complexity index is 857. The zero-order valence-corrected chi connectivity index (χ0v) is 14.1. The molecule has 0 fully saturated rings. The van der Waals surface area contributed by atoms with Crippen LogP contribution in [0.1, 0.15) is 11.1 Å². The summed E-state index contributed by atoms with van der Waals surface area (Å²) in [5.41, 5.74) is 3.27. The number of rotatable bonds is 4. The van der Waals surface area contributed by atoms with Crippen molar-refractivity contribution in [2.24, 2.45) is 0 Å². The molecular formula is C20H19NOS. The summed E-state index contributed by atoms with van der Waals surface area (Å²) in [7, 11) is 0. The number of amides is 1. The van der Waals surface area contributed by atoms with Crippen LogP contribution in [0.4, 0.5) is 5.69 Å². The fraction of sp³-hybridized carbons (Fsp3) is 0.150. The molecule has 0 spiro atoms. The van der Waals surface area contributed by atoms with Gasteiger partial charge in [0.1, 0.15) is 0 Å². The minimum absolute atomic E-state index is 0.0198. The van der Waals surface area contributed by atoms with Gasteiger partial charge in [0.05, 0.1) is 5.75 Å². The summed E-state index contributed by atoms with van der Waals surface area (Å²) in [4.78, 5) is 13.2. The van der Waals surface area contributed by atoms with Crippen molar-refractivity contribution in [2.75, 3.05) is 11.1 Å². The second kappa shape index (κ2) is 6.88. The van der Waals surface area contributed by atoms with Gasteiger partial charge in [-0.25, -0.2) is 0 Å². The molecule has 0 aliphatic carbocycles. The molecule has 0 bridgehead atoms. The van der Waals surface area contributed by atoms with E-state index in [0.29, 0.717) is 5.75 Å². The number of nitrogens with one attached hydrogen (secondary N) is 1. The lowest BCUT2D eigenvalue weighted by Crippen LogP contribution is -2.14. The van der Waals surface area contributed by atoms with Crippen molar-refractivity contribution in [2.45, 2.75) is 18.7 Å². The molecular weight excluding hydrogens is 302 g/mol. The molecule has 0 saturated carbocycles. The molecule has 2 nitrogen and oxygen atoms in total. The van der Waals surface area contributed by atoms with E-state index in [1.165, 1.54) is 21.9 Å². The van der Waals surface area contributed by atoms with E-state index in [1.54, 1.807) is 11.8 Å². The fourth-order valence-electron chi connectivity index (χ4n) is 2.42. The van der Waals surface area contributed by atoms with Gasteiger partial charge < -0.3 is 5.32 Å². The van der Waals surface area contributed by atoms with Crippen LogP contribution in [0.5, 0.6) is 0 Å². The molecule has 0 saturated heterocycles. The summed E-state index contributed by atoms with van der Waals surface area (Å²) in [6, 6.07) is 20.5. The van der Waals surface area contributed by atoms with Crippen molar-refractivity contribution >= 4 is 34.1 Å². The van der Waals surface area contributed by atoms with E-state index < -0.39 is 0 Å². The number of carbonyl (C=O) groups excluding carboxylic acids is 1. The number of carbonyl (C=O) groups is 1. The van der Waals surface area contributed by atoms with Gasteiger partial charge in [0, 0.05) is 10.6 Å². The van der Waals surface area contributed by atoms with Crippen molar-refractivity contribution in [1.29, 1.82) is 0 Å². The number of fused-ring (bicyclic) bond motifs is 1. The van der Waals surface area contributed by atoms with Gasteiger partial charge in [0.2, 0.25) is 5.91 Å². The van der Waals surface area contributed by atoms with E-state index in [-0.39, 0.29) is 5.91 Å². The van der Waals surface area contributed by atoms with E-state index in [2.05, 4.69) is 49.5 Å². The Hall–Kier alpha value is -2.26. The van der Waals surface area contributed by atoms with Gasteiger partial charge in [0.15, 0.2) is 0 Å². The predicted octanol–water partition coefficient (Wildman–Crippen LogP) is 5.19. The summed E-state index contributed by atoms with van der Waals surface area (Å²) in [5, 5.41) is 5.38. The first-order valence-corrected chi connectivity index (χ1v) is 8.59. The molecule has 23 heavy (non-hydrogen) atoms. The Labute approximate surface area is 140 Å². The first-order chi connectivity index (χ1) is 11.1. The predicted molar refractivity (Wildman–Crippen MR) is 99.2 cm³/mol. The first-order valence-electron chi connectivity index (χ1n) is 7.60. The van der Waals surface area contributed by atoms with Crippen molar-refractivity contribution in [3.8, 4) is 0 Å². The average molecular weight is 321 g/mol. The quantitative estimate of drug-likeness (QED) is 0.670. The first kappa shape index (κ1) is 15.6. The summed E-state index contributed by atoms with van der Waals surface area (Å²) >= 11 is 1.56. The molecule has 3 aromatic rings. The second-order valence-corrected chi connectivity index (χ2v) is 6.69. The maximum absolute atomic E-state index is 12.1. The van der Waals surface area contributed by atoms with Gasteiger partial charge in [0.25, 0.3) is 0 Å². The van der Waals surface area contributed by atoms with Crippen molar-refractivity contribution in [1.82, 2.24) is 0 Å². The van der Waals surface area contributed by atoms with E-state index in [9.17, 15) is 4.79 Å². The van der Waals surface area contributed by atoms with Crippen LogP contribution >= 0.6 is 11.8 Å². The standard InChI is InChI=1S/C20H19NOS/c1-14-7-9-18(11-15(14)2)21-20(22)13-23-19-10-8-16-5-3-4-6-17(16)12-19/h3-12H,13H2,1-2H3,(H,21,22). The topological polar surface area (TPSA) is 29.1 Å². The third-order valence-corrected chi connectivity index (χ3v) is 4.88. The third-order valence-electron chi connectivity index (χ3n) is 3.88. The molecule has 0 aromatic heterocycles. The largest absolute Gasteiger partial charge is 0.325 e. The Morgan fingerprint density at radius 3 is 2.48 bits per heavy atom. The van der Waals surface area contributed by atoms with Gasteiger partial charge in [-0.3, -0.25) is 4.79 Å². The highest BCUT2D eigenvalue weighted by Gasteiger charge is 2.05. The third kappa shape index (κ3) is 3.93. The van der Waals surface area contributed by atoms with Crippen molar-refractivity contribution in [3.63, 3.8) is 0 Å². The molecule has 3 rings (SSSR count). The zero-order valence-electron chi connectivity index (χ0n) is 13.3. The average Bonchev–Trinajstić information content (AvgIpc) is 2.56. The normalized spacial score (nSPS) is 10.7. The summed E-state index contributed by atoms with van der Waals surface area (Å²) < 4.78 is 0. The van der Waals surface area contributed by atoms with Crippen molar-refractivity contribution in [3.05, 3.63) is 71.8 Å². The van der Waals surface area contributed by atoms with Crippen molar-refractivity contribution < 1.29 is 4.79 Å². The maximum atomic E-state index is 12.1. The molecule has 0 aliphatic rings. The lowest BCUT2D eigenvalue weighted by molar-refractivity contribution is -0.113. The van der Waals surface area contributed by atoms with Crippen LogP contribution in [-0.4, -0.2) is 11.7 Å². The number of thioether (sulfide) groups is 1. The van der Waals surface area contributed by atoms with Crippen LogP contribution < -0.4 is 5.32 Å². The molecule has 1 N–H and O–H groups in total. The number of hydrogen-bond acceptors (Lipinski definition) is 2. The molecule has 0 heterocycles. The fourth-order valence-corrected chi connectivity index (χ4v) is 3.17. The Morgan fingerprint density at radius 2 is 1.70 bits per heavy atom. The summed E-state index contributed by atoms with van der Waals surface area (Å²) in [6.45, 7) is 4.12. The van der Waals surface area contributed by atoms with Crippen LogP contribution in [-0.2, 0) is 4.79 Å². The molecule has 0 radical (unpaired) electrons. The zero-order chi connectivity index (χ0) is 16.2. The minimum atomic E-state index is 0.0198. The van der Waals surface area contributed by atoms with Gasteiger partial charge >= 0.3 is 0 Å². The highest BCUT2D eigenvalue weighted by Crippen LogP contribution is 2.24. The highest BCUT2D eigenvalue weighted by molar-refractivity contribution is 8.00. The Morgan fingerprint density at radius 1 is 0.913 bits per heavy atom. The van der Waals surface area contributed by atoms with Crippen LogP contribution in [0.15, 0.2) is 65.6 Å². The molecule has 3 aromatic carbocycles. The van der Waals surface area contributed by atoms with Gasteiger partial charge in [-0.2, -0.15) is 0 Å². The number of aryl methyl sites for hydroxylation is 2. The SMILES string of the molecule is Cc1ccc(NC(=O)CSc2ccc3ccccc3c2)cc1C. The lowest BCUT2D eigenvalue weighted by Gasteiger charge is -2.08. The summed E-state index contributed by atoms with van der Waals surface area (Å²) in [6.07, 6.45) is 0. The van der Waals surface area contributed by atoms with Crippen LogP contribution in [0.3, 0.4) is 0 Å². The van der Waals surface area contributed by atoms with Crippen LogP contribution in [0, 0.1) is 13.8 Å². The summed E-state index contributed by atoms with van der Waals surface area (Å²) in [5.74, 6) is 0.428. The van der Waals surface area contributed by atoms with E-state index in [4.69, 9.17) is 0 Å². The molecule has 0 atom stereocenters. The molecule has 116 valence electrons. The maximum Gasteiger partial charge on any atom is 0.234 e. The highest BCUT2D eigenvalue weighted by atomic mass is 32.2.